The van der Waals surface area contributed by atoms with Crippen LogP contribution >= 0.6 is 0 Å². The number of rotatable bonds is 0. The Balaban J connectivity index is 2.47. The first kappa shape index (κ1) is 4.30. The molecule has 0 saturated carbocycles. The van der Waals surface area contributed by atoms with Gasteiger partial charge in [-0.1, -0.05) is 0 Å². The lowest BCUT2D eigenvalue weighted by atomic mass is 10.4. The van der Waals surface area contributed by atoms with Gasteiger partial charge in [0, 0.05) is 0 Å². The predicted octanol–water partition coefficient (Wildman–Crippen LogP) is -0.386. The Morgan fingerprint density at radius 2 is 2.71 bits per heavy atom. The minimum absolute atomic E-state index is 0.0440. The van der Waals surface area contributed by atoms with Gasteiger partial charge in [0.15, 0.2) is 12.2 Å². The van der Waals surface area contributed by atoms with Crippen LogP contribution in [0.3, 0.4) is 0 Å². The molecular weight excluding hydrogens is 94.0 g/mol. The van der Waals surface area contributed by atoms with E-state index in [0.29, 0.717) is 6.54 Å². The molecule has 0 radical (unpaired) electrons. The predicted molar refractivity (Wildman–Crippen MR) is 24.3 cm³/mol. The van der Waals surface area contributed by atoms with Crippen LogP contribution in [0.1, 0.15) is 0 Å². The van der Waals surface area contributed by atoms with Crippen LogP contribution in [0.4, 0.5) is 0 Å². The van der Waals surface area contributed by atoms with E-state index in [9.17, 15) is 4.79 Å². The molecule has 1 aliphatic rings. The molecule has 0 aliphatic carbocycles. The maximum absolute atomic E-state index is 10.2. The third-order valence-corrected chi connectivity index (χ3v) is 0.661. The van der Waals surface area contributed by atoms with Crippen molar-refractivity contribution in [3.05, 3.63) is 0 Å². The van der Waals surface area contributed by atoms with Crippen LogP contribution in [0.25, 0.3) is 0 Å². The summed E-state index contributed by atoms with van der Waals surface area (Å²) in [6.07, 6.45) is 1.31. The maximum atomic E-state index is 10.2. The Morgan fingerprint density at radius 1 is 1.86 bits per heavy atom. The van der Waals surface area contributed by atoms with E-state index in [2.05, 4.69) is 9.73 Å². The van der Waals surface area contributed by atoms with E-state index >= 15 is 0 Å². The van der Waals surface area contributed by atoms with Crippen molar-refractivity contribution < 1.29 is 9.53 Å². The van der Waals surface area contributed by atoms with Crippen LogP contribution in [0, 0.1) is 0 Å². The topological polar surface area (TPSA) is 38.7 Å². The van der Waals surface area contributed by atoms with Crippen LogP contribution in [0.5, 0.6) is 0 Å². The second kappa shape index (κ2) is 1.73. The van der Waals surface area contributed by atoms with E-state index in [1.807, 2.05) is 0 Å². The minimum Gasteiger partial charge on any atom is -0.476 e. The van der Waals surface area contributed by atoms with E-state index in [0.717, 1.165) is 0 Å². The number of ketones is 1. The van der Waals surface area contributed by atoms with Gasteiger partial charge in [-0.25, -0.2) is 0 Å². The smallest absolute Gasteiger partial charge is 0.191 e. The van der Waals surface area contributed by atoms with Gasteiger partial charge in [-0.2, -0.15) is 0 Å². The number of hydrogen-bond donors (Lipinski definition) is 0. The normalized spacial score (nSPS) is 19.1. The van der Waals surface area contributed by atoms with Crippen molar-refractivity contribution in [3.8, 4) is 0 Å². The summed E-state index contributed by atoms with van der Waals surface area (Å²) >= 11 is 0. The van der Waals surface area contributed by atoms with Crippen LogP contribution in [-0.2, 0) is 9.53 Å². The Bertz CT molecular complexity index is 108. The van der Waals surface area contributed by atoms with Crippen molar-refractivity contribution >= 4 is 12.2 Å². The van der Waals surface area contributed by atoms with Crippen molar-refractivity contribution in [1.82, 2.24) is 0 Å². The van der Waals surface area contributed by atoms with E-state index < -0.39 is 0 Å². The maximum Gasteiger partial charge on any atom is 0.191 e. The third kappa shape index (κ3) is 0.994. The molecule has 0 saturated heterocycles. The van der Waals surface area contributed by atoms with E-state index in [1.165, 1.54) is 6.40 Å². The monoisotopic (exact) mass is 99.0 g/mol. The lowest BCUT2D eigenvalue weighted by Crippen LogP contribution is -2.15. The fraction of sp³-hybridized carbons (Fsp3) is 0.500. The summed E-state index contributed by atoms with van der Waals surface area (Å²) in [5.74, 6) is 0.0440. The molecule has 1 rings (SSSR count). The van der Waals surface area contributed by atoms with Gasteiger partial charge >= 0.3 is 0 Å². The van der Waals surface area contributed by atoms with Gasteiger partial charge in [-0.05, 0) is 0 Å². The van der Waals surface area contributed by atoms with Gasteiger partial charge in [0.2, 0.25) is 0 Å². The molecule has 0 aromatic heterocycles. The summed E-state index contributed by atoms with van der Waals surface area (Å²) in [4.78, 5) is 13.8. The molecule has 0 unspecified atom stereocenters. The molecule has 0 fully saturated rings. The van der Waals surface area contributed by atoms with Gasteiger partial charge in [0.1, 0.15) is 13.2 Å². The average molecular weight is 99.1 g/mol. The van der Waals surface area contributed by atoms with Gasteiger partial charge in [-0.3, -0.25) is 9.79 Å². The average Bonchev–Trinajstić information content (AvgIpc) is 1.69. The van der Waals surface area contributed by atoms with Gasteiger partial charge in [0.05, 0.1) is 0 Å². The summed E-state index contributed by atoms with van der Waals surface area (Å²) in [7, 11) is 0. The fourth-order valence-electron chi connectivity index (χ4n) is 0.368. The summed E-state index contributed by atoms with van der Waals surface area (Å²) in [6, 6.07) is 0. The van der Waals surface area contributed by atoms with E-state index in [1.54, 1.807) is 0 Å². The molecule has 0 aromatic carbocycles. The Labute approximate surface area is 41.0 Å². The second-order valence-electron chi connectivity index (χ2n) is 1.30. The molecule has 1 aliphatic heterocycles. The number of ether oxygens (including phenoxy) is 1. The quantitative estimate of drug-likeness (QED) is 0.415. The molecule has 3 nitrogen and oxygen atoms in total. The van der Waals surface area contributed by atoms with Crippen molar-refractivity contribution in [2.75, 3.05) is 13.2 Å². The third-order valence-electron chi connectivity index (χ3n) is 0.661. The number of carbonyl (C=O) groups is 1. The molecule has 0 bridgehead atoms. The van der Waals surface area contributed by atoms with Gasteiger partial charge in [0.25, 0.3) is 0 Å². The molecule has 0 spiro atoms. The molecule has 7 heavy (non-hydrogen) atoms. The molecule has 1 heterocycles. The largest absolute Gasteiger partial charge is 0.476 e. The van der Waals surface area contributed by atoms with Crippen LogP contribution < -0.4 is 0 Å². The Hall–Kier alpha value is -0.860. The summed E-state index contributed by atoms with van der Waals surface area (Å²) in [5, 5.41) is 0. The highest BCUT2D eigenvalue weighted by atomic mass is 16.5. The lowest BCUT2D eigenvalue weighted by molar-refractivity contribution is -0.120. The summed E-state index contributed by atoms with van der Waals surface area (Å²) in [6.45, 7) is 0.490. The number of hydrogen-bond acceptors (Lipinski definition) is 3. The Kier molecular flexibility index (Phi) is 1.06. The summed E-state index contributed by atoms with van der Waals surface area (Å²) < 4.78 is 4.54. The van der Waals surface area contributed by atoms with Crippen molar-refractivity contribution in [2.24, 2.45) is 4.99 Å². The standard InChI is InChI=1S/C4H5NO2/c6-4-1-5-3-7-2-4/h3H,1-2H2. The van der Waals surface area contributed by atoms with E-state index in [4.69, 9.17) is 0 Å². The highest BCUT2D eigenvalue weighted by molar-refractivity contribution is 5.85. The SMILES string of the molecule is O=C1CN=COC1. The zero-order valence-corrected chi connectivity index (χ0v) is 3.76. The molecule has 38 valence electrons. The minimum atomic E-state index is 0.0440. The molecule has 0 N–H and O–H groups in total. The highest BCUT2D eigenvalue weighted by Gasteiger charge is 2.01. The fourth-order valence-corrected chi connectivity index (χ4v) is 0.368. The molecule has 0 amide bonds. The molecular formula is C4H5NO2. The number of Topliss-reactive ketones (excluding diaryl/α,β-unsaturated/α-hetero) is 1. The van der Waals surface area contributed by atoms with Crippen molar-refractivity contribution in [1.29, 1.82) is 0 Å². The van der Waals surface area contributed by atoms with Crippen molar-refractivity contribution in [3.63, 3.8) is 0 Å². The number of carbonyl (C=O) groups excluding carboxylic acids is 1. The zero-order valence-electron chi connectivity index (χ0n) is 3.76. The lowest BCUT2D eigenvalue weighted by Gasteiger charge is -2.00. The Morgan fingerprint density at radius 3 is 3.00 bits per heavy atom. The first-order valence-electron chi connectivity index (χ1n) is 2.01. The second-order valence-corrected chi connectivity index (χ2v) is 1.30. The first-order chi connectivity index (χ1) is 3.39. The van der Waals surface area contributed by atoms with Crippen LogP contribution in [0.15, 0.2) is 4.99 Å². The molecule has 3 heteroatoms. The van der Waals surface area contributed by atoms with E-state index in [-0.39, 0.29) is 12.4 Å². The zero-order chi connectivity index (χ0) is 5.11. The van der Waals surface area contributed by atoms with Crippen molar-refractivity contribution in [2.45, 2.75) is 0 Å². The van der Waals surface area contributed by atoms with Gasteiger partial charge in [-0.15, -0.1) is 0 Å². The highest BCUT2D eigenvalue weighted by Crippen LogP contribution is 1.82. The summed E-state index contributed by atoms with van der Waals surface area (Å²) in [5.41, 5.74) is 0. The van der Waals surface area contributed by atoms with Crippen LogP contribution in [-0.4, -0.2) is 25.3 Å². The number of nitrogens with zero attached hydrogens (tertiary/aromatic N) is 1. The number of aliphatic imine (C=N–C) groups is 1. The first-order valence-corrected chi connectivity index (χ1v) is 2.01. The molecule has 0 atom stereocenters. The van der Waals surface area contributed by atoms with Crippen LogP contribution in [0.2, 0.25) is 0 Å². The molecule has 0 aromatic rings. The van der Waals surface area contributed by atoms with Gasteiger partial charge < -0.3 is 4.74 Å².